The van der Waals surface area contributed by atoms with Gasteiger partial charge in [-0.15, -0.1) is 0 Å². The number of benzene rings is 2. The van der Waals surface area contributed by atoms with Crippen LogP contribution < -0.4 is 10.6 Å². The predicted molar refractivity (Wildman–Crippen MR) is 99.2 cm³/mol. The van der Waals surface area contributed by atoms with E-state index < -0.39 is 17.5 Å². The molecule has 27 heavy (non-hydrogen) atoms. The summed E-state index contributed by atoms with van der Waals surface area (Å²) in [6.45, 7) is 0.407. The molecule has 0 heterocycles. The fraction of sp³-hybridized carbons (Fsp3) is 0.333. The maximum absolute atomic E-state index is 13.6. The Kier molecular flexibility index (Phi) is 6.16. The summed E-state index contributed by atoms with van der Waals surface area (Å²) in [4.78, 5) is 24.4. The summed E-state index contributed by atoms with van der Waals surface area (Å²) in [5.74, 6) is -1.83. The van der Waals surface area contributed by atoms with Gasteiger partial charge in [0.05, 0.1) is 5.69 Å². The Bertz CT molecular complexity index is 815. The first-order chi connectivity index (χ1) is 13.0. The smallest absolute Gasteiger partial charge is 0.255 e. The molecule has 142 valence electrons. The van der Waals surface area contributed by atoms with Gasteiger partial charge in [-0.25, -0.2) is 8.78 Å². The summed E-state index contributed by atoms with van der Waals surface area (Å²) in [6.07, 6.45) is 5.32. The standard InChI is InChI=1S/C21H22F2N2O2/c22-17-10-11-19(18(23)12-17)25-21(27)16-8-6-14(7-9-16)13-24-20(26)15-4-2-1-3-5-15/h6-12,15H,1-5,13H2,(H,24,26)(H,25,27). The number of rotatable bonds is 5. The van der Waals surface area contributed by atoms with Gasteiger partial charge in [0.25, 0.3) is 5.91 Å². The SMILES string of the molecule is O=C(Nc1ccc(F)cc1F)c1ccc(CNC(=O)C2CCCCC2)cc1. The van der Waals surface area contributed by atoms with Gasteiger partial charge in [-0.05, 0) is 42.7 Å². The van der Waals surface area contributed by atoms with Gasteiger partial charge in [0.15, 0.2) is 0 Å². The minimum Gasteiger partial charge on any atom is -0.352 e. The van der Waals surface area contributed by atoms with Gasteiger partial charge < -0.3 is 10.6 Å². The van der Waals surface area contributed by atoms with Gasteiger partial charge in [0.1, 0.15) is 11.6 Å². The summed E-state index contributed by atoms with van der Waals surface area (Å²) < 4.78 is 26.5. The lowest BCUT2D eigenvalue weighted by Crippen LogP contribution is -2.31. The molecular formula is C21H22F2N2O2. The van der Waals surface area contributed by atoms with E-state index >= 15 is 0 Å². The Morgan fingerprint density at radius 2 is 1.67 bits per heavy atom. The Hall–Kier alpha value is -2.76. The van der Waals surface area contributed by atoms with E-state index in [9.17, 15) is 18.4 Å². The fourth-order valence-corrected chi connectivity index (χ4v) is 3.26. The average molecular weight is 372 g/mol. The second-order valence-corrected chi connectivity index (χ2v) is 6.83. The van der Waals surface area contributed by atoms with Crippen LogP contribution in [0, 0.1) is 17.6 Å². The number of halogens is 2. The van der Waals surface area contributed by atoms with E-state index in [0.29, 0.717) is 18.2 Å². The van der Waals surface area contributed by atoms with Gasteiger partial charge in [-0.2, -0.15) is 0 Å². The van der Waals surface area contributed by atoms with Gasteiger partial charge >= 0.3 is 0 Å². The summed E-state index contributed by atoms with van der Waals surface area (Å²) in [5.41, 5.74) is 1.15. The van der Waals surface area contributed by atoms with E-state index in [1.165, 1.54) is 12.5 Å². The molecule has 0 aromatic heterocycles. The van der Waals surface area contributed by atoms with Crippen molar-refractivity contribution in [3.05, 3.63) is 65.2 Å². The Morgan fingerprint density at radius 3 is 2.33 bits per heavy atom. The third-order valence-electron chi connectivity index (χ3n) is 4.84. The summed E-state index contributed by atoms with van der Waals surface area (Å²) in [7, 11) is 0. The molecule has 0 radical (unpaired) electrons. The molecule has 6 heteroatoms. The molecular weight excluding hydrogens is 350 g/mol. The lowest BCUT2D eigenvalue weighted by molar-refractivity contribution is -0.126. The molecule has 0 atom stereocenters. The van der Waals surface area contributed by atoms with Crippen LogP contribution in [0.5, 0.6) is 0 Å². The zero-order valence-electron chi connectivity index (χ0n) is 14.9. The van der Waals surface area contributed by atoms with E-state index in [-0.39, 0.29) is 17.5 Å². The monoisotopic (exact) mass is 372 g/mol. The topological polar surface area (TPSA) is 58.2 Å². The second kappa shape index (κ2) is 8.75. The molecule has 1 aliphatic rings. The molecule has 0 bridgehead atoms. The second-order valence-electron chi connectivity index (χ2n) is 6.83. The van der Waals surface area contributed by atoms with Crippen molar-refractivity contribution in [2.45, 2.75) is 38.6 Å². The van der Waals surface area contributed by atoms with Crippen LogP contribution in [0.1, 0.15) is 48.0 Å². The van der Waals surface area contributed by atoms with Crippen LogP contribution in [0.2, 0.25) is 0 Å². The summed E-state index contributed by atoms with van der Waals surface area (Å²) >= 11 is 0. The molecule has 1 fully saturated rings. The van der Waals surface area contributed by atoms with Crippen LogP contribution in [0.15, 0.2) is 42.5 Å². The molecule has 2 amide bonds. The van der Waals surface area contributed by atoms with Crippen LogP contribution in [-0.2, 0) is 11.3 Å². The highest BCUT2D eigenvalue weighted by Crippen LogP contribution is 2.23. The number of carbonyl (C=O) groups excluding carboxylic acids is 2. The van der Waals surface area contributed by atoms with Gasteiger partial charge in [0.2, 0.25) is 5.91 Å². The Balaban J connectivity index is 1.54. The van der Waals surface area contributed by atoms with E-state index in [0.717, 1.165) is 37.3 Å². The number of hydrogen-bond acceptors (Lipinski definition) is 2. The van der Waals surface area contributed by atoms with Crippen LogP contribution in [0.3, 0.4) is 0 Å². The molecule has 3 rings (SSSR count). The van der Waals surface area contributed by atoms with Crippen LogP contribution in [0.4, 0.5) is 14.5 Å². The van der Waals surface area contributed by atoms with Crippen LogP contribution in [0.25, 0.3) is 0 Å². The maximum atomic E-state index is 13.6. The van der Waals surface area contributed by atoms with Crippen molar-refractivity contribution in [3.63, 3.8) is 0 Å². The lowest BCUT2D eigenvalue weighted by Gasteiger charge is -2.20. The van der Waals surface area contributed by atoms with Gasteiger partial charge in [-0.1, -0.05) is 31.4 Å². The highest BCUT2D eigenvalue weighted by Gasteiger charge is 2.20. The van der Waals surface area contributed by atoms with Crippen molar-refractivity contribution in [1.82, 2.24) is 5.32 Å². The number of anilines is 1. The van der Waals surface area contributed by atoms with E-state index in [1.54, 1.807) is 24.3 Å². The van der Waals surface area contributed by atoms with Gasteiger partial charge in [0, 0.05) is 24.1 Å². The minimum absolute atomic E-state index is 0.0785. The van der Waals surface area contributed by atoms with Crippen molar-refractivity contribution in [1.29, 1.82) is 0 Å². The molecule has 0 saturated heterocycles. The first-order valence-corrected chi connectivity index (χ1v) is 9.16. The van der Waals surface area contributed by atoms with E-state index in [2.05, 4.69) is 10.6 Å². The van der Waals surface area contributed by atoms with Crippen molar-refractivity contribution in [2.24, 2.45) is 5.92 Å². The molecule has 0 unspecified atom stereocenters. The molecule has 2 aromatic carbocycles. The van der Waals surface area contributed by atoms with Crippen molar-refractivity contribution in [2.75, 3.05) is 5.32 Å². The molecule has 4 nitrogen and oxygen atoms in total. The third-order valence-corrected chi connectivity index (χ3v) is 4.84. The third kappa shape index (κ3) is 5.12. The molecule has 1 saturated carbocycles. The first-order valence-electron chi connectivity index (χ1n) is 9.16. The van der Waals surface area contributed by atoms with Crippen molar-refractivity contribution < 1.29 is 18.4 Å². The highest BCUT2D eigenvalue weighted by atomic mass is 19.1. The number of nitrogens with one attached hydrogen (secondary N) is 2. The molecule has 2 aromatic rings. The average Bonchev–Trinajstić information content (AvgIpc) is 2.69. The first kappa shape index (κ1) is 19.0. The zero-order valence-corrected chi connectivity index (χ0v) is 14.9. The number of amides is 2. The molecule has 0 aliphatic heterocycles. The fourth-order valence-electron chi connectivity index (χ4n) is 3.26. The highest BCUT2D eigenvalue weighted by molar-refractivity contribution is 6.04. The molecule has 2 N–H and O–H groups in total. The van der Waals surface area contributed by atoms with Crippen LogP contribution >= 0.6 is 0 Å². The Labute approximate surface area is 157 Å². The maximum Gasteiger partial charge on any atom is 0.255 e. The van der Waals surface area contributed by atoms with Crippen molar-refractivity contribution >= 4 is 17.5 Å². The van der Waals surface area contributed by atoms with Crippen LogP contribution in [-0.4, -0.2) is 11.8 Å². The molecule has 0 spiro atoms. The van der Waals surface area contributed by atoms with Crippen molar-refractivity contribution in [3.8, 4) is 0 Å². The molecule has 1 aliphatic carbocycles. The summed E-state index contributed by atoms with van der Waals surface area (Å²) in [6, 6.07) is 9.69. The number of hydrogen-bond donors (Lipinski definition) is 2. The Morgan fingerprint density at radius 1 is 0.963 bits per heavy atom. The number of carbonyl (C=O) groups is 2. The van der Waals surface area contributed by atoms with E-state index in [1.807, 2.05) is 0 Å². The van der Waals surface area contributed by atoms with E-state index in [4.69, 9.17) is 0 Å². The van der Waals surface area contributed by atoms with Gasteiger partial charge in [-0.3, -0.25) is 9.59 Å². The minimum atomic E-state index is -0.828. The quantitative estimate of drug-likeness (QED) is 0.817. The zero-order chi connectivity index (χ0) is 19.2. The largest absolute Gasteiger partial charge is 0.352 e. The summed E-state index contributed by atoms with van der Waals surface area (Å²) in [5, 5.41) is 5.36. The lowest BCUT2D eigenvalue weighted by atomic mass is 9.88. The normalized spacial score (nSPS) is 14.6. The predicted octanol–water partition coefficient (Wildman–Crippen LogP) is 4.41.